The third-order valence-electron chi connectivity index (χ3n) is 5.34. The van der Waals surface area contributed by atoms with Crippen molar-refractivity contribution in [1.82, 2.24) is 8.87 Å². The van der Waals surface area contributed by atoms with E-state index >= 15 is 0 Å². The number of esters is 1. The van der Waals surface area contributed by atoms with Crippen molar-refractivity contribution >= 4 is 33.3 Å². The van der Waals surface area contributed by atoms with E-state index in [2.05, 4.69) is 10.1 Å². The molecule has 2 heterocycles. The largest absolute Gasteiger partial charge is 0.465 e. The normalized spacial score (nSPS) is 14.7. The fraction of sp³-hybridized carbons (Fsp3) is 0.381. The topological polar surface area (TPSA) is 158 Å². The number of nitrogens with zero attached hydrogens (tertiary/aromatic N) is 3. The molecule has 3 rings (SSSR count). The second kappa shape index (κ2) is 10.6. The Kier molecular flexibility index (Phi) is 7.79. The number of sulfonamides is 1. The van der Waals surface area contributed by atoms with Crippen LogP contribution in [0.15, 0.2) is 46.2 Å². The summed E-state index contributed by atoms with van der Waals surface area (Å²) in [5, 5.41) is 13.7. The van der Waals surface area contributed by atoms with Crippen LogP contribution in [-0.2, 0) is 26.1 Å². The third-order valence-corrected chi connectivity index (χ3v) is 7.25. The van der Waals surface area contributed by atoms with Gasteiger partial charge in [-0.3, -0.25) is 24.3 Å². The van der Waals surface area contributed by atoms with E-state index in [1.165, 1.54) is 28.6 Å². The maximum Gasteiger partial charge on any atom is 0.339 e. The quantitative estimate of drug-likeness (QED) is 0.348. The minimum absolute atomic E-state index is 0.102. The number of ether oxygens (including phenoxy) is 1. The number of nitrogens with one attached hydrogen (secondary N) is 1. The molecule has 1 aliphatic heterocycles. The Morgan fingerprint density at radius 3 is 2.29 bits per heavy atom. The highest BCUT2D eigenvalue weighted by Crippen LogP contribution is 2.22. The molecule has 0 aliphatic carbocycles. The van der Waals surface area contributed by atoms with E-state index in [1.807, 2.05) is 0 Å². The second-order valence-corrected chi connectivity index (χ2v) is 9.62. The molecule has 0 bridgehead atoms. The summed E-state index contributed by atoms with van der Waals surface area (Å²) < 4.78 is 32.4. The standard InChI is InChI=1S/C21H24N4O8S/c1-33-21(28)15-12-18(25(29)30)20(27)23(13-15)14-19(26)22-16-6-8-17(9-7-16)34(31,32)24-10-4-2-3-5-11-24/h6-9,12-13H,2-5,10-11,14H2,1H3,(H,22,26). The number of nitro groups is 1. The lowest BCUT2D eigenvalue weighted by molar-refractivity contribution is -0.386. The van der Waals surface area contributed by atoms with Crippen LogP contribution in [0.2, 0.25) is 0 Å². The molecule has 0 unspecified atom stereocenters. The Bertz CT molecular complexity index is 1250. The van der Waals surface area contributed by atoms with Crippen molar-refractivity contribution in [1.29, 1.82) is 0 Å². The highest BCUT2D eigenvalue weighted by molar-refractivity contribution is 7.89. The van der Waals surface area contributed by atoms with E-state index in [4.69, 9.17) is 0 Å². The molecule has 0 atom stereocenters. The first-order chi connectivity index (χ1) is 16.1. The molecule has 1 aliphatic rings. The van der Waals surface area contributed by atoms with Crippen molar-refractivity contribution in [3.05, 3.63) is 62.6 Å². The van der Waals surface area contributed by atoms with Gasteiger partial charge in [0, 0.05) is 31.0 Å². The molecule has 0 radical (unpaired) electrons. The summed E-state index contributed by atoms with van der Waals surface area (Å²) in [7, 11) is -2.57. The Morgan fingerprint density at radius 1 is 1.12 bits per heavy atom. The summed E-state index contributed by atoms with van der Waals surface area (Å²) in [6, 6.07) is 6.37. The number of amides is 1. The summed E-state index contributed by atoms with van der Waals surface area (Å²) in [5.41, 5.74) is -1.93. The molecule has 182 valence electrons. The summed E-state index contributed by atoms with van der Waals surface area (Å²) >= 11 is 0. The average molecular weight is 493 g/mol. The molecule has 1 fully saturated rings. The van der Waals surface area contributed by atoms with Gasteiger partial charge in [-0.25, -0.2) is 13.2 Å². The van der Waals surface area contributed by atoms with Gasteiger partial charge in [0.15, 0.2) is 0 Å². The molecule has 12 nitrogen and oxygen atoms in total. The summed E-state index contributed by atoms with van der Waals surface area (Å²) in [6.07, 6.45) is 4.60. The van der Waals surface area contributed by atoms with Gasteiger partial charge in [-0.05, 0) is 37.1 Å². The van der Waals surface area contributed by atoms with Crippen molar-refractivity contribution in [3.8, 4) is 0 Å². The molecule has 13 heteroatoms. The minimum atomic E-state index is -3.65. The van der Waals surface area contributed by atoms with Crippen molar-refractivity contribution in [2.75, 3.05) is 25.5 Å². The average Bonchev–Trinajstić information content (AvgIpc) is 3.10. The summed E-state index contributed by atoms with van der Waals surface area (Å²) in [5.74, 6) is -1.61. The van der Waals surface area contributed by atoms with Crippen LogP contribution < -0.4 is 10.9 Å². The fourth-order valence-corrected chi connectivity index (χ4v) is 5.11. The number of hydrogen-bond donors (Lipinski definition) is 1. The molecule has 1 aromatic carbocycles. The highest BCUT2D eigenvalue weighted by Gasteiger charge is 2.25. The molecule has 34 heavy (non-hydrogen) atoms. The second-order valence-electron chi connectivity index (χ2n) is 7.69. The Hall–Kier alpha value is -3.58. The van der Waals surface area contributed by atoms with Crippen LogP contribution in [0.4, 0.5) is 11.4 Å². The van der Waals surface area contributed by atoms with Crippen LogP contribution in [0.5, 0.6) is 0 Å². The van der Waals surface area contributed by atoms with Gasteiger partial charge in [0.25, 0.3) is 0 Å². The number of carbonyl (C=O) groups excluding carboxylic acids is 2. The number of pyridine rings is 1. The number of benzene rings is 1. The van der Waals surface area contributed by atoms with Crippen LogP contribution >= 0.6 is 0 Å². The van der Waals surface area contributed by atoms with Crippen LogP contribution in [0.3, 0.4) is 0 Å². The summed E-state index contributed by atoms with van der Waals surface area (Å²) in [4.78, 5) is 46.8. The molecule has 1 N–H and O–H groups in total. The lowest BCUT2D eigenvalue weighted by Gasteiger charge is -2.20. The van der Waals surface area contributed by atoms with Gasteiger partial charge in [0.1, 0.15) is 6.54 Å². The van der Waals surface area contributed by atoms with Gasteiger partial charge in [-0.2, -0.15) is 4.31 Å². The first-order valence-electron chi connectivity index (χ1n) is 10.5. The fourth-order valence-electron chi connectivity index (χ4n) is 3.59. The first-order valence-corrected chi connectivity index (χ1v) is 11.9. The monoisotopic (exact) mass is 492 g/mol. The molecular formula is C21H24N4O8S. The summed E-state index contributed by atoms with van der Waals surface area (Å²) in [6.45, 7) is 0.316. The van der Waals surface area contributed by atoms with Gasteiger partial charge in [-0.1, -0.05) is 12.8 Å². The Morgan fingerprint density at radius 2 is 1.74 bits per heavy atom. The van der Waals surface area contributed by atoms with E-state index in [0.717, 1.165) is 49.6 Å². The van der Waals surface area contributed by atoms with Crippen LogP contribution in [-0.4, -0.2) is 54.3 Å². The first kappa shape index (κ1) is 25.1. The lowest BCUT2D eigenvalue weighted by Crippen LogP contribution is -2.32. The van der Waals surface area contributed by atoms with Gasteiger partial charge in [0.2, 0.25) is 15.9 Å². The smallest absolute Gasteiger partial charge is 0.339 e. The van der Waals surface area contributed by atoms with E-state index in [0.29, 0.717) is 13.1 Å². The number of rotatable bonds is 7. The van der Waals surface area contributed by atoms with E-state index in [-0.39, 0.29) is 16.1 Å². The highest BCUT2D eigenvalue weighted by atomic mass is 32.2. The molecule has 0 spiro atoms. The zero-order valence-corrected chi connectivity index (χ0v) is 19.2. The molecule has 2 aromatic rings. The van der Waals surface area contributed by atoms with Crippen LogP contribution in [0, 0.1) is 10.1 Å². The Balaban J connectivity index is 1.75. The molecule has 1 aromatic heterocycles. The Labute approximate surface area is 195 Å². The number of methoxy groups -OCH3 is 1. The lowest BCUT2D eigenvalue weighted by atomic mass is 10.2. The molecule has 1 saturated heterocycles. The molecular weight excluding hydrogens is 468 g/mol. The third kappa shape index (κ3) is 5.66. The zero-order valence-electron chi connectivity index (χ0n) is 18.4. The van der Waals surface area contributed by atoms with E-state index in [1.54, 1.807) is 0 Å². The van der Waals surface area contributed by atoms with Crippen molar-refractivity contribution in [2.24, 2.45) is 0 Å². The number of carbonyl (C=O) groups is 2. The van der Waals surface area contributed by atoms with Crippen molar-refractivity contribution in [3.63, 3.8) is 0 Å². The molecule has 0 saturated carbocycles. The van der Waals surface area contributed by atoms with Gasteiger partial charge >= 0.3 is 17.2 Å². The maximum atomic E-state index is 12.9. The number of anilines is 1. The van der Waals surface area contributed by atoms with E-state index < -0.39 is 44.6 Å². The van der Waals surface area contributed by atoms with Crippen molar-refractivity contribution in [2.45, 2.75) is 37.1 Å². The van der Waals surface area contributed by atoms with Gasteiger partial charge < -0.3 is 10.1 Å². The predicted molar refractivity (Wildman–Crippen MR) is 121 cm³/mol. The zero-order chi connectivity index (χ0) is 24.9. The predicted octanol–water partition coefficient (Wildman–Crippen LogP) is 1.75. The van der Waals surface area contributed by atoms with E-state index in [9.17, 15) is 32.9 Å². The maximum absolute atomic E-state index is 12.9. The van der Waals surface area contributed by atoms with Crippen molar-refractivity contribution < 1.29 is 27.7 Å². The minimum Gasteiger partial charge on any atom is -0.465 e. The number of aromatic nitrogens is 1. The van der Waals surface area contributed by atoms with Gasteiger partial charge in [0.05, 0.1) is 22.5 Å². The van der Waals surface area contributed by atoms with Crippen LogP contribution in [0.1, 0.15) is 36.0 Å². The van der Waals surface area contributed by atoms with Crippen LogP contribution in [0.25, 0.3) is 0 Å². The van der Waals surface area contributed by atoms with Gasteiger partial charge in [-0.15, -0.1) is 0 Å². The number of hydrogen-bond acceptors (Lipinski definition) is 8. The molecule has 1 amide bonds. The SMILES string of the molecule is COC(=O)c1cc([N+](=O)[O-])c(=O)n(CC(=O)Nc2ccc(S(=O)(=O)N3CCCCCC3)cc2)c1.